The van der Waals surface area contributed by atoms with E-state index in [4.69, 9.17) is 16.9 Å². The van der Waals surface area contributed by atoms with Crippen LogP contribution in [-0.4, -0.2) is 6.04 Å². The summed E-state index contributed by atoms with van der Waals surface area (Å²) < 4.78 is 0. The maximum absolute atomic E-state index is 9.16. The third-order valence-corrected chi connectivity index (χ3v) is 3.98. The van der Waals surface area contributed by atoms with Gasteiger partial charge in [-0.3, -0.25) is 0 Å². The van der Waals surface area contributed by atoms with Gasteiger partial charge in [0.25, 0.3) is 0 Å². The molecule has 0 saturated heterocycles. The normalized spacial score (nSPS) is 27.6. The summed E-state index contributed by atoms with van der Waals surface area (Å²) in [5, 5.41) is 13.2. The van der Waals surface area contributed by atoms with E-state index >= 15 is 0 Å². The second-order valence-electron chi connectivity index (χ2n) is 5.53. The number of hydrogen-bond acceptors (Lipinski definition) is 2. The summed E-state index contributed by atoms with van der Waals surface area (Å²) in [6.45, 7) is 4.60. The molecule has 1 aliphatic carbocycles. The molecule has 2 rings (SSSR count). The lowest BCUT2D eigenvalue weighted by atomic mass is 9.80. The van der Waals surface area contributed by atoms with E-state index in [1.807, 2.05) is 12.1 Å². The Morgan fingerprint density at radius 3 is 2.50 bits per heavy atom. The van der Waals surface area contributed by atoms with Crippen LogP contribution in [0.25, 0.3) is 0 Å². The zero-order valence-electron chi connectivity index (χ0n) is 10.9. The van der Waals surface area contributed by atoms with Crippen LogP contribution in [0.4, 0.5) is 5.69 Å². The fourth-order valence-electron chi connectivity index (χ4n) is 3.04. The van der Waals surface area contributed by atoms with Gasteiger partial charge in [0.15, 0.2) is 0 Å². The van der Waals surface area contributed by atoms with Gasteiger partial charge in [-0.25, -0.2) is 0 Å². The van der Waals surface area contributed by atoms with Crippen LogP contribution < -0.4 is 5.32 Å². The maximum atomic E-state index is 9.16. The number of nitriles is 1. The third-order valence-electron chi connectivity index (χ3n) is 3.66. The molecule has 1 aromatic carbocycles. The highest BCUT2D eigenvalue weighted by molar-refractivity contribution is 6.32. The number of anilines is 1. The second kappa shape index (κ2) is 5.63. The van der Waals surface area contributed by atoms with E-state index in [-0.39, 0.29) is 0 Å². The minimum atomic E-state index is 0.453. The average molecular weight is 263 g/mol. The van der Waals surface area contributed by atoms with Crippen molar-refractivity contribution in [3.05, 3.63) is 28.8 Å². The van der Waals surface area contributed by atoms with E-state index in [0.29, 0.717) is 16.6 Å². The molecule has 2 nitrogen and oxygen atoms in total. The molecule has 1 saturated carbocycles. The van der Waals surface area contributed by atoms with E-state index in [1.165, 1.54) is 19.3 Å². The van der Waals surface area contributed by atoms with Gasteiger partial charge in [-0.05, 0) is 43.2 Å². The molecule has 0 amide bonds. The van der Waals surface area contributed by atoms with Gasteiger partial charge >= 0.3 is 0 Å². The Kier molecular flexibility index (Phi) is 4.14. The summed E-state index contributed by atoms with van der Waals surface area (Å²) in [7, 11) is 0. The van der Waals surface area contributed by atoms with Crippen molar-refractivity contribution >= 4 is 17.3 Å². The van der Waals surface area contributed by atoms with Gasteiger partial charge in [-0.15, -0.1) is 0 Å². The smallest absolute Gasteiger partial charge is 0.103 e. The van der Waals surface area contributed by atoms with Crippen molar-refractivity contribution in [3.63, 3.8) is 0 Å². The highest BCUT2D eigenvalue weighted by Gasteiger charge is 2.24. The predicted molar refractivity (Wildman–Crippen MR) is 75.8 cm³/mol. The molecule has 0 radical (unpaired) electrons. The molecule has 96 valence electrons. The van der Waals surface area contributed by atoms with E-state index in [2.05, 4.69) is 25.2 Å². The van der Waals surface area contributed by atoms with E-state index in [9.17, 15) is 0 Å². The number of nitrogens with zero attached hydrogens (tertiary/aromatic N) is 1. The zero-order valence-corrected chi connectivity index (χ0v) is 11.7. The lowest BCUT2D eigenvalue weighted by molar-refractivity contribution is 0.281. The van der Waals surface area contributed by atoms with Gasteiger partial charge in [0.1, 0.15) is 6.07 Å². The molecule has 0 spiro atoms. The Bertz CT molecular complexity index is 454. The fraction of sp³-hybridized carbons (Fsp3) is 0.533. The third kappa shape index (κ3) is 2.97. The molecular weight excluding hydrogens is 244 g/mol. The molecule has 1 N–H and O–H groups in total. The van der Waals surface area contributed by atoms with Gasteiger partial charge in [-0.1, -0.05) is 31.5 Å². The van der Waals surface area contributed by atoms with Crippen molar-refractivity contribution < 1.29 is 0 Å². The van der Waals surface area contributed by atoms with E-state index in [0.717, 1.165) is 17.5 Å². The first-order valence-corrected chi connectivity index (χ1v) is 6.93. The number of benzene rings is 1. The van der Waals surface area contributed by atoms with Crippen molar-refractivity contribution in [3.8, 4) is 6.07 Å². The summed E-state index contributed by atoms with van der Waals surface area (Å²) in [5.74, 6) is 1.49. The quantitative estimate of drug-likeness (QED) is 0.855. The Hall–Kier alpha value is -1.20. The fourth-order valence-corrected chi connectivity index (χ4v) is 3.26. The van der Waals surface area contributed by atoms with E-state index < -0.39 is 0 Å². The van der Waals surface area contributed by atoms with Crippen molar-refractivity contribution in [2.24, 2.45) is 11.8 Å². The average Bonchev–Trinajstić information content (AvgIpc) is 2.27. The molecule has 2 unspecified atom stereocenters. The molecule has 0 aliphatic heterocycles. The number of rotatable bonds is 2. The standard InChI is InChI=1S/C15H19ClN2/c1-10-6-11(2)8-12(7-10)18-15-5-3-4-14(16)13(15)9-17/h3-5,10-12,18H,6-8H2,1-2H3. The molecule has 0 bridgehead atoms. The van der Waals surface area contributed by atoms with Gasteiger partial charge in [0.2, 0.25) is 0 Å². The Morgan fingerprint density at radius 1 is 1.22 bits per heavy atom. The Balaban J connectivity index is 2.14. The molecule has 0 heterocycles. The first-order chi connectivity index (χ1) is 8.60. The molecule has 1 fully saturated rings. The number of hydrogen-bond donors (Lipinski definition) is 1. The molecule has 2 atom stereocenters. The summed E-state index contributed by atoms with van der Waals surface area (Å²) in [5.41, 5.74) is 1.43. The van der Waals surface area contributed by atoms with Crippen molar-refractivity contribution in [1.29, 1.82) is 5.26 Å². The second-order valence-corrected chi connectivity index (χ2v) is 5.94. The lowest BCUT2D eigenvalue weighted by Crippen LogP contribution is -2.30. The minimum absolute atomic E-state index is 0.453. The van der Waals surface area contributed by atoms with Crippen molar-refractivity contribution in [2.45, 2.75) is 39.2 Å². The van der Waals surface area contributed by atoms with Crippen molar-refractivity contribution in [2.75, 3.05) is 5.32 Å². The van der Waals surface area contributed by atoms with Gasteiger partial charge in [-0.2, -0.15) is 5.26 Å². The summed E-state index contributed by atoms with van der Waals surface area (Å²) >= 11 is 6.04. The van der Waals surface area contributed by atoms with Crippen LogP contribution in [0.2, 0.25) is 5.02 Å². The van der Waals surface area contributed by atoms with Crippen LogP contribution in [-0.2, 0) is 0 Å². The van der Waals surface area contributed by atoms with Gasteiger partial charge in [0, 0.05) is 6.04 Å². The number of halogens is 1. The molecule has 3 heteroatoms. The lowest BCUT2D eigenvalue weighted by Gasteiger charge is -2.32. The summed E-state index contributed by atoms with van der Waals surface area (Å²) in [4.78, 5) is 0. The first kappa shape index (κ1) is 13.2. The first-order valence-electron chi connectivity index (χ1n) is 6.55. The topological polar surface area (TPSA) is 35.8 Å². The Labute approximate surface area is 114 Å². The molecule has 1 aromatic rings. The predicted octanol–water partition coefficient (Wildman–Crippen LogP) is 4.45. The highest BCUT2D eigenvalue weighted by atomic mass is 35.5. The monoisotopic (exact) mass is 262 g/mol. The maximum Gasteiger partial charge on any atom is 0.103 e. The zero-order chi connectivity index (χ0) is 13.1. The summed E-state index contributed by atoms with van der Waals surface area (Å²) in [6, 6.07) is 8.22. The molecule has 0 aromatic heterocycles. The van der Waals surface area contributed by atoms with Crippen LogP contribution in [0.1, 0.15) is 38.7 Å². The van der Waals surface area contributed by atoms with Crippen LogP contribution in [0.3, 0.4) is 0 Å². The largest absolute Gasteiger partial charge is 0.381 e. The summed E-state index contributed by atoms with van der Waals surface area (Å²) in [6.07, 6.45) is 3.64. The number of nitrogens with one attached hydrogen (secondary N) is 1. The molecular formula is C15H19ClN2. The van der Waals surface area contributed by atoms with Gasteiger partial charge < -0.3 is 5.32 Å². The van der Waals surface area contributed by atoms with Gasteiger partial charge in [0.05, 0.1) is 16.3 Å². The van der Waals surface area contributed by atoms with Crippen LogP contribution >= 0.6 is 11.6 Å². The van der Waals surface area contributed by atoms with Crippen molar-refractivity contribution in [1.82, 2.24) is 0 Å². The molecule has 18 heavy (non-hydrogen) atoms. The van der Waals surface area contributed by atoms with Crippen LogP contribution in [0, 0.1) is 23.2 Å². The SMILES string of the molecule is CC1CC(C)CC(Nc2cccc(Cl)c2C#N)C1. The minimum Gasteiger partial charge on any atom is -0.381 e. The van der Waals surface area contributed by atoms with E-state index in [1.54, 1.807) is 6.07 Å². The highest BCUT2D eigenvalue weighted by Crippen LogP contribution is 2.32. The molecule has 1 aliphatic rings. The Morgan fingerprint density at radius 2 is 1.89 bits per heavy atom. The van der Waals surface area contributed by atoms with Crippen LogP contribution in [0.5, 0.6) is 0 Å². The van der Waals surface area contributed by atoms with Crippen LogP contribution in [0.15, 0.2) is 18.2 Å².